The average Bonchev–Trinajstić information content (AvgIpc) is 2.95. The van der Waals surface area contributed by atoms with Crippen molar-refractivity contribution in [1.29, 1.82) is 0 Å². The summed E-state index contributed by atoms with van der Waals surface area (Å²) in [5.41, 5.74) is 4.27. The zero-order valence-corrected chi connectivity index (χ0v) is 24.3. The lowest BCUT2D eigenvalue weighted by molar-refractivity contribution is -0.248. The van der Waals surface area contributed by atoms with Gasteiger partial charge in [-0.1, -0.05) is 25.5 Å². The minimum absolute atomic E-state index is 0.00456. The molecular weight excluding hydrogens is 544 g/mol. The summed E-state index contributed by atoms with van der Waals surface area (Å²) in [4.78, 5) is 27.5. The zero-order chi connectivity index (χ0) is 30.5. The van der Waals surface area contributed by atoms with Gasteiger partial charge in [-0.2, -0.15) is 0 Å². The van der Waals surface area contributed by atoms with Crippen molar-refractivity contribution in [2.24, 2.45) is 5.73 Å². The smallest absolute Gasteiger partial charge is 0.202 e. The topological polar surface area (TPSA) is 181 Å². The summed E-state index contributed by atoms with van der Waals surface area (Å²) in [6, 6.07) is 3.49. The number of phenols is 2. The highest BCUT2D eigenvalue weighted by Gasteiger charge is 2.49. The van der Waals surface area contributed by atoms with Crippen molar-refractivity contribution in [3.05, 3.63) is 51.6 Å². The third-order valence-corrected chi connectivity index (χ3v) is 8.96. The standard InChI is InChI=1S/C31H40N2O9/c1-5-6-10-33-15(3)31(39)12-17-23(20(13-31)42-21-11-18(32)26(34)14(2)41-21)30(38)25-24(28(17)36)27(35)16-8-7-9-19(40-4)22(16)29(25)37/h7-9,14-15,18,20-21,26,33-34,36,38-39H,5-6,10-13,32H2,1-4H3/t14?,15?,18?,20-,21?,26?,31-/m0/s1. The van der Waals surface area contributed by atoms with E-state index in [1.54, 1.807) is 19.1 Å². The first kappa shape index (κ1) is 30.4. The van der Waals surface area contributed by atoms with E-state index in [1.165, 1.54) is 13.2 Å². The molecule has 0 radical (unpaired) electrons. The molecule has 0 amide bonds. The molecule has 2 aliphatic carbocycles. The predicted molar refractivity (Wildman–Crippen MR) is 152 cm³/mol. The molecule has 1 aliphatic heterocycles. The number of benzene rings is 2. The number of unbranched alkanes of at least 4 members (excludes halogenated alkanes) is 1. The van der Waals surface area contributed by atoms with Crippen molar-refractivity contribution < 1.29 is 44.2 Å². The van der Waals surface area contributed by atoms with Crippen molar-refractivity contribution in [3.63, 3.8) is 0 Å². The van der Waals surface area contributed by atoms with Crippen LogP contribution >= 0.6 is 0 Å². The number of ether oxygens (including phenoxy) is 3. The molecule has 0 spiro atoms. The Morgan fingerprint density at radius 3 is 2.55 bits per heavy atom. The van der Waals surface area contributed by atoms with Gasteiger partial charge in [0, 0.05) is 48.0 Å². The molecule has 5 unspecified atom stereocenters. The minimum atomic E-state index is -1.46. The Hall–Kier alpha value is -3.06. The Morgan fingerprint density at radius 2 is 1.88 bits per heavy atom. The van der Waals surface area contributed by atoms with E-state index in [2.05, 4.69) is 12.2 Å². The second kappa shape index (κ2) is 11.6. The predicted octanol–water partition coefficient (Wildman–Crippen LogP) is 2.22. The summed E-state index contributed by atoms with van der Waals surface area (Å²) in [5.74, 6) is -2.13. The number of carbonyl (C=O) groups excluding carboxylic acids is 2. The number of aliphatic hydroxyl groups is 2. The molecule has 1 heterocycles. The Balaban J connectivity index is 1.64. The number of nitrogens with one attached hydrogen (secondary N) is 1. The summed E-state index contributed by atoms with van der Waals surface area (Å²) in [6.07, 6.45) is -1.62. The molecule has 228 valence electrons. The van der Waals surface area contributed by atoms with Crippen LogP contribution in [0.5, 0.6) is 17.2 Å². The highest BCUT2D eigenvalue weighted by molar-refractivity contribution is 6.31. The fraction of sp³-hybridized carbons (Fsp3) is 0.548. The first-order valence-corrected chi connectivity index (χ1v) is 14.5. The Kier molecular flexibility index (Phi) is 8.36. The Labute approximate surface area is 244 Å². The number of aliphatic hydroxyl groups excluding tert-OH is 1. The molecule has 5 rings (SSSR count). The summed E-state index contributed by atoms with van der Waals surface area (Å²) in [6.45, 7) is 6.21. The van der Waals surface area contributed by atoms with Gasteiger partial charge >= 0.3 is 0 Å². The van der Waals surface area contributed by atoms with Gasteiger partial charge in [0.15, 0.2) is 12.1 Å². The van der Waals surface area contributed by atoms with Crippen molar-refractivity contribution in [1.82, 2.24) is 5.32 Å². The molecule has 7 N–H and O–H groups in total. The van der Waals surface area contributed by atoms with Crippen molar-refractivity contribution >= 4 is 11.6 Å². The van der Waals surface area contributed by atoms with Gasteiger partial charge in [0.1, 0.15) is 17.2 Å². The second-order valence-electron chi connectivity index (χ2n) is 11.7. The number of phenolic OH excluding ortho intramolecular Hbond substituents is 2. The van der Waals surface area contributed by atoms with Crippen LogP contribution in [0.4, 0.5) is 0 Å². The van der Waals surface area contributed by atoms with Crippen molar-refractivity contribution in [3.8, 4) is 17.2 Å². The molecule has 7 atom stereocenters. The van der Waals surface area contributed by atoms with Crippen molar-refractivity contribution in [2.45, 2.75) is 95.2 Å². The number of aromatic hydroxyl groups is 2. The van der Waals surface area contributed by atoms with Crippen LogP contribution in [0.15, 0.2) is 18.2 Å². The number of nitrogens with two attached hydrogens (primary N) is 1. The number of carbonyl (C=O) groups is 2. The summed E-state index contributed by atoms with van der Waals surface area (Å²) in [7, 11) is 1.38. The Morgan fingerprint density at radius 1 is 1.17 bits per heavy atom. The van der Waals surface area contributed by atoms with E-state index >= 15 is 0 Å². The maximum atomic E-state index is 13.8. The molecule has 2 aromatic rings. The van der Waals surface area contributed by atoms with E-state index in [1.807, 2.05) is 6.92 Å². The molecule has 0 saturated carbocycles. The third-order valence-electron chi connectivity index (χ3n) is 8.96. The molecule has 0 aromatic heterocycles. The van der Waals surface area contributed by atoms with Gasteiger partial charge in [-0.3, -0.25) is 9.59 Å². The molecule has 11 heteroatoms. The fourth-order valence-corrected chi connectivity index (χ4v) is 6.43. The van der Waals surface area contributed by atoms with Crippen LogP contribution in [0, 0.1) is 0 Å². The second-order valence-corrected chi connectivity index (χ2v) is 11.7. The first-order valence-electron chi connectivity index (χ1n) is 14.5. The number of hydrogen-bond donors (Lipinski definition) is 6. The molecule has 2 aromatic carbocycles. The monoisotopic (exact) mass is 584 g/mol. The lowest BCUT2D eigenvalue weighted by Crippen LogP contribution is -2.55. The van der Waals surface area contributed by atoms with Crippen LogP contribution < -0.4 is 15.8 Å². The summed E-state index contributed by atoms with van der Waals surface area (Å²) < 4.78 is 17.5. The van der Waals surface area contributed by atoms with Gasteiger partial charge in [-0.25, -0.2) is 0 Å². The highest BCUT2D eigenvalue weighted by Crippen LogP contribution is 2.53. The zero-order valence-electron chi connectivity index (χ0n) is 24.3. The first-order chi connectivity index (χ1) is 19.9. The van der Waals surface area contributed by atoms with Crippen LogP contribution in [0.3, 0.4) is 0 Å². The van der Waals surface area contributed by atoms with E-state index in [0.29, 0.717) is 6.54 Å². The van der Waals surface area contributed by atoms with Gasteiger partial charge in [0.2, 0.25) is 5.78 Å². The normalized spacial score (nSPS) is 29.5. The van der Waals surface area contributed by atoms with E-state index in [0.717, 1.165) is 12.8 Å². The van der Waals surface area contributed by atoms with Gasteiger partial charge in [-0.15, -0.1) is 0 Å². The number of methoxy groups -OCH3 is 1. The molecule has 1 fully saturated rings. The molecule has 11 nitrogen and oxygen atoms in total. The average molecular weight is 585 g/mol. The molecule has 42 heavy (non-hydrogen) atoms. The SMILES string of the molecule is CCCCNC(C)[C@]1(O)Cc2c(O)c3c(c(O)c2[C@@H](OC2CC(N)C(O)C(C)O2)C1)C(=O)c1c(OC)cccc1C3=O. The van der Waals surface area contributed by atoms with E-state index in [4.69, 9.17) is 19.9 Å². The molecule has 1 saturated heterocycles. The third kappa shape index (κ3) is 4.97. The maximum absolute atomic E-state index is 13.8. The highest BCUT2D eigenvalue weighted by atomic mass is 16.7. The number of fused-ring (bicyclic) bond motifs is 3. The van der Waals surface area contributed by atoms with E-state index < -0.39 is 65.4 Å². The quantitative estimate of drug-likeness (QED) is 0.169. The largest absolute Gasteiger partial charge is 0.507 e. The number of rotatable bonds is 8. The van der Waals surface area contributed by atoms with Crippen LogP contribution in [0.1, 0.15) is 95.5 Å². The van der Waals surface area contributed by atoms with Gasteiger partial charge in [-0.05, 0) is 32.9 Å². The lowest BCUT2D eigenvalue weighted by atomic mass is 9.71. The van der Waals surface area contributed by atoms with Crippen LogP contribution in [0.2, 0.25) is 0 Å². The van der Waals surface area contributed by atoms with Gasteiger partial charge < -0.3 is 45.7 Å². The summed E-state index contributed by atoms with van der Waals surface area (Å²) in [5, 5.41) is 48.9. The molecule has 3 aliphatic rings. The lowest BCUT2D eigenvalue weighted by Gasteiger charge is -2.45. The fourth-order valence-electron chi connectivity index (χ4n) is 6.43. The van der Waals surface area contributed by atoms with E-state index in [-0.39, 0.29) is 58.4 Å². The van der Waals surface area contributed by atoms with Gasteiger partial charge in [0.05, 0.1) is 47.7 Å². The summed E-state index contributed by atoms with van der Waals surface area (Å²) >= 11 is 0. The molecule has 0 bridgehead atoms. The maximum Gasteiger partial charge on any atom is 0.202 e. The Bertz CT molecular complexity index is 1380. The van der Waals surface area contributed by atoms with Crippen LogP contribution in [0.25, 0.3) is 0 Å². The van der Waals surface area contributed by atoms with Crippen molar-refractivity contribution in [2.75, 3.05) is 13.7 Å². The van der Waals surface area contributed by atoms with E-state index in [9.17, 15) is 30.0 Å². The molecular formula is C31H40N2O9. The van der Waals surface area contributed by atoms with Crippen LogP contribution in [-0.2, 0) is 15.9 Å². The van der Waals surface area contributed by atoms with Gasteiger partial charge in [0.25, 0.3) is 0 Å². The van der Waals surface area contributed by atoms with Crippen LogP contribution in [-0.4, -0.2) is 81.8 Å². The number of hydrogen-bond acceptors (Lipinski definition) is 11. The minimum Gasteiger partial charge on any atom is -0.507 e. The number of ketones is 2.